The second kappa shape index (κ2) is 6.99. The summed E-state index contributed by atoms with van der Waals surface area (Å²) in [7, 11) is 0. The zero-order chi connectivity index (χ0) is 16.2. The minimum Gasteiger partial charge on any atom is -0.367 e. The molecule has 0 fully saturated rings. The SMILES string of the molecule is c1ccc(CNCC2Cn3c(-c4ccccc4)cnc3CO2)cc1. The standard InChI is InChI=1S/C20H21N3O/c1-3-7-16(8-4-1)11-21-12-18-14-23-19(13-22-20(23)15-24-18)17-9-5-2-6-10-17/h1-10,13,18,21H,11-12,14-15H2. The number of aromatic nitrogens is 2. The molecule has 0 bridgehead atoms. The molecule has 0 amide bonds. The van der Waals surface area contributed by atoms with Crippen molar-refractivity contribution in [2.75, 3.05) is 6.54 Å². The van der Waals surface area contributed by atoms with Gasteiger partial charge in [-0.1, -0.05) is 60.7 Å². The zero-order valence-corrected chi connectivity index (χ0v) is 13.6. The van der Waals surface area contributed by atoms with Gasteiger partial charge < -0.3 is 14.6 Å². The fraction of sp³-hybridized carbons (Fsp3) is 0.250. The van der Waals surface area contributed by atoms with Crippen molar-refractivity contribution < 1.29 is 4.74 Å². The molecule has 122 valence electrons. The van der Waals surface area contributed by atoms with Crippen LogP contribution in [0.2, 0.25) is 0 Å². The number of nitrogens with zero attached hydrogens (tertiary/aromatic N) is 2. The van der Waals surface area contributed by atoms with E-state index in [9.17, 15) is 0 Å². The molecule has 1 aliphatic rings. The topological polar surface area (TPSA) is 39.1 Å². The van der Waals surface area contributed by atoms with E-state index in [0.29, 0.717) is 6.61 Å². The summed E-state index contributed by atoms with van der Waals surface area (Å²) in [4.78, 5) is 4.51. The summed E-state index contributed by atoms with van der Waals surface area (Å²) >= 11 is 0. The highest BCUT2D eigenvalue weighted by atomic mass is 16.5. The number of rotatable bonds is 5. The fourth-order valence-electron chi connectivity index (χ4n) is 3.12. The first-order chi connectivity index (χ1) is 11.9. The van der Waals surface area contributed by atoms with E-state index in [1.165, 1.54) is 16.8 Å². The minimum atomic E-state index is 0.165. The minimum absolute atomic E-state index is 0.165. The van der Waals surface area contributed by atoms with Crippen LogP contribution in [0.3, 0.4) is 0 Å². The summed E-state index contributed by atoms with van der Waals surface area (Å²) in [6, 6.07) is 20.9. The Bertz CT molecular complexity index is 783. The average molecular weight is 319 g/mol. The molecule has 0 saturated heterocycles. The van der Waals surface area contributed by atoms with E-state index in [4.69, 9.17) is 4.74 Å². The molecule has 4 rings (SSSR count). The van der Waals surface area contributed by atoms with Gasteiger partial charge in [0.2, 0.25) is 0 Å². The predicted octanol–water partition coefficient (Wildman–Crippen LogP) is 3.24. The van der Waals surface area contributed by atoms with E-state index in [-0.39, 0.29) is 6.10 Å². The maximum Gasteiger partial charge on any atom is 0.135 e. The molecule has 0 saturated carbocycles. The normalized spacial score (nSPS) is 16.8. The van der Waals surface area contributed by atoms with E-state index >= 15 is 0 Å². The lowest BCUT2D eigenvalue weighted by atomic mass is 10.1. The third-order valence-electron chi connectivity index (χ3n) is 4.39. The van der Waals surface area contributed by atoms with Crippen molar-refractivity contribution >= 4 is 0 Å². The molecule has 24 heavy (non-hydrogen) atoms. The van der Waals surface area contributed by atoms with Gasteiger partial charge in [0.25, 0.3) is 0 Å². The van der Waals surface area contributed by atoms with Crippen LogP contribution < -0.4 is 5.32 Å². The van der Waals surface area contributed by atoms with Crippen LogP contribution in [-0.4, -0.2) is 22.2 Å². The summed E-state index contributed by atoms with van der Waals surface area (Å²) in [5.41, 5.74) is 3.66. The summed E-state index contributed by atoms with van der Waals surface area (Å²) in [6.45, 7) is 3.11. The summed E-state index contributed by atoms with van der Waals surface area (Å²) in [5, 5.41) is 3.49. The maximum atomic E-state index is 5.95. The van der Waals surface area contributed by atoms with Gasteiger partial charge in [0.05, 0.1) is 24.5 Å². The molecular formula is C20H21N3O. The van der Waals surface area contributed by atoms with Crippen LogP contribution in [0.1, 0.15) is 11.4 Å². The molecule has 2 aromatic carbocycles. The van der Waals surface area contributed by atoms with Crippen molar-refractivity contribution in [3.8, 4) is 11.3 Å². The van der Waals surface area contributed by atoms with Gasteiger partial charge in [-0.2, -0.15) is 0 Å². The number of hydrogen-bond acceptors (Lipinski definition) is 3. The molecular weight excluding hydrogens is 298 g/mol. The monoisotopic (exact) mass is 319 g/mol. The van der Waals surface area contributed by atoms with E-state index in [1.807, 2.05) is 18.3 Å². The molecule has 1 aromatic heterocycles. The molecule has 1 N–H and O–H groups in total. The largest absolute Gasteiger partial charge is 0.367 e. The Labute approximate surface area is 142 Å². The van der Waals surface area contributed by atoms with Crippen molar-refractivity contribution in [3.63, 3.8) is 0 Å². The van der Waals surface area contributed by atoms with Crippen molar-refractivity contribution in [2.24, 2.45) is 0 Å². The Kier molecular flexibility index (Phi) is 4.40. The fourth-order valence-corrected chi connectivity index (χ4v) is 3.12. The molecule has 1 aliphatic heterocycles. The van der Waals surface area contributed by atoms with Gasteiger partial charge in [-0.05, 0) is 11.1 Å². The lowest BCUT2D eigenvalue weighted by Gasteiger charge is -2.26. The van der Waals surface area contributed by atoms with Gasteiger partial charge in [-0.3, -0.25) is 0 Å². The lowest BCUT2D eigenvalue weighted by Crippen LogP contribution is -2.36. The lowest BCUT2D eigenvalue weighted by molar-refractivity contribution is 0.00326. The second-order valence-corrected chi connectivity index (χ2v) is 6.09. The van der Waals surface area contributed by atoms with Crippen LogP contribution in [0.4, 0.5) is 0 Å². The van der Waals surface area contributed by atoms with Gasteiger partial charge in [0.1, 0.15) is 12.4 Å². The first kappa shape index (κ1) is 15.1. The van der Waals surface area contributed by atoms with Gasteiger partial charge in [0, 0.05) is 13.1 Å². The number of ether oxygens (including phenoxy) is 1. The first-order valence-electron chi connectivity index (χ1n) is 8.36. The molecule has 3 aromatic rings. The number of nitrogens with one attached hydrogen (secondary N) is 1. The van der Waals surface area contributed by atoms with Crippen molar-refractivity contribution in [1.29, 1.82) is 0 Å². The third-order valence-corrected chi connectivity index (χ3v) is 4.39. The molecule has 2 heterocycles. The van der Waals surface area contributed by atoms with Crippen LogP contribution in [-0.2, 0) is 24.4 Å². The number of hydrogen-bond donors (Lipinski definition) is 1. The van der Waals surface area contributed by atoms with Gasteiger partial charge in [-0.25, -0.2) is 4.98 Å². The molecule has 0 spiro atoms. The van der Waals surface area contributed by atoms with Crippen LogP contribution in [0.25, 0.3) is 11.3 Å². The molecule has 4 nitrogen and oxygen atoms in total. The summed E-state index contributed by atoms with van der Waals surface area (Å²) in [5.74, 6) is 1.01. The summed E-state index contributed by atoms with van der Waals surface area (Å²) in [6.07, 6.45) is 2.12. The second-order valence-electron chi connectivity index (χ2n) is 6.09. The first-order valence-corrected chi connectivity index (χ1v) is 8.36. The van der Waals surface area contributed by atoms with Gasteiger partial charge in [-0.15, -0.1) is 0 Å². The maximum absolute atomic E-state index is 5.95. The molecule has 1 atom stereocenters. The van der Waals surface area contributed by atoms with Crippen LogP contribution in [0, 0.1) is 0 Å². The highest BCUT2D eigenvalue weighted by molar-refractivity contribution is 5.59. The Morgan fingerprint density at radius 3 is 2.58 bits per heavy atom. The van der Waals surface area contributed by atoms with E-state index in [1.54, 1.807) is 0 Å². The zero-order valence-electron chi connectivity index (χ0n) is 13.6. The van der Waals surface area contributed by atoms with Crippen LogP contribution >= 0.6 is 0 Å². The highest BCUT2D eigenvalue weighted by Crippen LogP contribution is 2.24. The molecule has 1 unspecified atom stereocenters. The number of fused-ring (bicyclic) bond motifs is 1. The van der Waals surface area contributed by atoms with Crippen molar-refractivity contribution in [3.05, 3.63) is 78.2 Å². The van der Waals surface area contributed by atoms with Gasteiger partial charge >= 0.3 is 0 Å². The van der Waals surface area contributed by atoms with E-state index in [2.05, 4.69) is 63.4 Å². The van der Waals surface area contributed by atoms with Crippen LogP contribution in [0.5, 0.6) is 0 Å². The Morgan fingerprint density at radius 1 is 1.04 bits per heavy atom. The van der Waals surface area contributed by atoms with Crippen molar-refractivity contribution in [1.82, 2.24) is 14.9 Å². The van der Waals surface area contributed by atoms with E-state index in [0.717, 1.165) is 25.5 Å². The predicted molar refractivity (Wildman–Crippen MR) is 94.4 cm³/mol. The smallest absolute Gasteiger partial charge is 0.135 e. The van der Waals surface area contributed by atoms with E-state index < -0.39 is 0 Å². The average Bonchev–Trinajstić information content (AvgIpc) is 3.07. The Hall–Kier alpha value is -2.43. The highest BCUT2D eigenvalue weighted by Gasteiger charge is 2.22. The molecule has 4 heteroatoms. The molecule has 0 aliphatic carbocycles. The third kappa shape index (κ3) is 3.25. The molecule has 0 radical (unpaired) electrons. The summed E-state index contributed by atoms with van der Waals surface area (Å²) < 4.78 is 8.23. The number of benzene rings is 2. The Balaban J connectivity index is 1.41. The van der Waals surface area contributed by atoms with Crippen LogP contribution in [0.15, 0.2) is 66.9 Å². The van der Waals surface area contributed by atoms with Gasteiger partial charge in [0.15, 0.2) is 0 Å². The van der Waals surface area contributed by atoms with Crippen molar-refractivity contribution in [2.45, 2.75) is 25.8 Å². The number of imidazole rings is 1. The Morgan fingerprint density at radius 2 is 1.79 bits per heavy atom. The quantitative estimate of drug-likeness (QED) is 0.785.